The van der Waals surface area contributed by atoms with Crippen molar-refractivity contribution < 1.29 is 13.9 Å². The van der Waals surface area contributed by atoms with Gasteiger partial charge in [0.1, 0.15) is 5.82 Å². The maximum atomic E-state index is 15.3. The number of piperazine rings is 1. The van der Waals surface area contributed by atoms with Crippen LogP contribution in [0.3, 0.4) is 0 Å². The lowest BCUT2D eigenvalue weighted by Crippen LogP contribution is -2.46. The number of benzene rings is 1. The van der Waals surface area contributed by atoms with Gasteiger partial charge < -0.3 is 14.5 Å². The first-order valence-electron chi connectivity index (χ1n) is 13.1. The largest absolute Gasteiger partial charge is 0.378 e. The number of amides is 1. The molecule has 0 N–H and O–H groups in total. The van der Waals surface area contributed by atoms with E-state index in [1.807, 2.05) is 24.3 Å². The van der Waals surface area contributed by atoms with E-state index in [1.54, 1.807) is 22.9 Å². The maximum absolute atomic E-state index is 15.3. The van der Waals surface area contributed by atoms with Crippen LogP contribution in [0.1, 0.15) is 19.0 Å². The van der Waals surface area contributed by atoms with E-state index in [-0.39, 0.29) is 11.7 Å². The second-order valence-corrected chi connectivity index (χ2v) is 10.6. The molecule has 1 amide bonds. The highest BCUT2D eigenvalue weighted by molar-refractivity contribution is 8.18. The second kappa shape index (κ2) is 10.8. The lowest BCUT2D eigenvalue weighted by molar-refractivity contribution is -0.113. The Bertz CT molecular complexity index is 1410. The van der Waals surface area contributed by atoms with Gasteiger partial charge in [0, 0.05) is 44.8 Å². The number of nitrogens with zero attached hydrogens (tertiary/aromatic N) is 7. The summed E-state index contributed by atoms with van der Waals surface area (Å²) in [6, 6.07) is 9.00. The van der Waals surface area contributed by atoms with Crippen molar-refractivity contribution in [3.63, 3.8) is 0 Å². The number of amidine groups is 1. The molecular weight excluding hydrogens is 505 g/mol. The molecule has 5 heterocycles. The van der Waals surface area contributed by atoms with Crippen molar-refractivity contribution >= 4 is 40.2 Å². The third-order valence-corrected chi connectivity index (χ3v) is 8.09. The van der Waals surface area contributed by atoms with Crippen molar-refractivity contribution in [2.24, 2.45) is 4.99 Å². The lowest BCUT2D eigenvalue weighted by atomic mass is 10.1. The average molecular weight is 536 g/mol. The number of ether oxygens (including phenoxy) is 1. The average Bonchev–Trinajstić information content (AvgIpc) is 3.53. The molecule has 0 spiro atoms. The van der Waals surface area contributed by atoms with E-state index in [4.69, 9.17) is 9.84 Å². The molecule has 2 fully saturated rings. The van der Waals surface area contributed by atoms with Gasteiger partial charge in [-0.1, -0.05) is 13.0 Å². The van der Waals surface area contributed by atoms with Crippen LogP contribution in [-0.2, 0) is 9.53 Å². The number of imidazole rings is 1. The number of carbonyl (C=O) groups excluding carboxylic acids is 1. The number of hydrogen-bond donors (Lipinski definition) is 0. The predicted molar refractivity (Wildman–Crippen MR) is 148 cm³/mol. The Morgan fingerprint density at radius 2 is 1.87 bits per heavy atom. The summed E-state index contributed by atoms with van der Waals surface area (Å²) >= 11 is 1.36. The fourth-order valence-corrected chi connectivity index (χ4v) is 5.98. The Morgan fingerprint density at radius 1 is 1.05 bits per heavy atom. The molecular formula is C27H30FN7O2S. The summed E-state index contributed by atoms with van der Waals surface area (Å²) < 4.78 is 22.4. The van der Waals surface area contributed by atoms with Crippen molar-refractivity contribution in [2.45, 2.75) is 13.3 Å². The maximum Gasteiger partial charge on any atom is 0.286 e. The zero-order valence-electron chi connectivity index (χ0n) is 21.3. The predicted octanol–water partition coefficient (Wildman–Crippen LogP) is 3.37. The number of hydrogen-bond acceptors (Lipinski definition) is 8. The smallest absolute Gasteiger partial charge is 0.286 e. The van der Waals surface area contributed by atoms with Crippen LogP contribution in [0.4, 0.5) is 10.1 Å². The first-order chi connectivity index (χ1) is 18.6. The van der Waals surface area contributed by atoms with Crippen molar-refractivity contribution in [1.29, 1.82) is 0 Å². The molecule has 3 aliphatic rings. The van der Waals surface area contributed by atoms with Crippen molar-refractivity contribution in [2.75, 3.05) is 63.9 Å². The van der Waals surface area contributed by atoms with E-state index < -0.39 is 0 Å². The number of fused-ring (bicyclic) bond motifs is 1. The number of anilines is 1. The van der Waals surface area contributed by atoms with Gasteiger partial charge in [0.05, 0.1) is 41.4 Å². The molecule has 11 heteroatoms. The van der Waals surface area contributed by atoms with E-state index in [1.165, 1.54) is 11.8 Å². The number of aliphatic imine (C=N–C) groups is 1. The standard InChI is InChI=1S/C27H30FN7O2S/c1-2-7-32-8-10-33(11-9-32)22-5-3-19(16-21(22)28)23-18-29-25-6-4-20(31-35(23)25)17-24-26(36)30-27(38-24)34-12-14-37-15-13-34/h3-6,16-18H,2,7-15H2,1H3. The zero-order valence-corrected chi connectivity index (χ0v) is 22.2. The van der Waals surface area contributed by atoms with Gasteiger partial charge in [-0.2, -0.15) is 10.1 Å². The molecule has 6 rings (SSSR count). The number of morpholine rings is 1. The Hall–Kier alpha value is -3.28. The van der Waals surface area contributed by atoms with Gasteiger partial charge in [-0.25, -0.2) is 13.9 Å². The topological polar surface area (TPSA) is 78.6 Å². The Balaban J connectivity index is 1.22. The zero-order chi connectivity index (χ0) is 26.1. The SMILES string of the molecule is CCCN1CCN(c2ccc(-c3cnc4ccc(C=C5SC(N6CCOCC6)=NC5=O)nn34)cc2F)CC1. The minimum absolute atomic E-state index is 0.250. The van der Waals surface area contributed by atoms with Gasteiger partial charge in [0.25, 0.3) is 5.91 Å². The summed E-state index contributed by atoms with van der Waals surface area (Å²) in [6.45, 7) is 9.51. The molecule has 2 saturated heterocycles. The Morgan fingerprint density at radius 3 is 2.63 bits per heavy atom. The summed E-state index contributed by atoms with van der Waals surface area (Å²) in [5, 5.41) is 5.41. The number of thioether (sulfide) groups is 1. The number of aromatic nitrogens is 3. The molecule has 1 aromatic carbocycles. The quantitative estimate of drug-likeness (QED) is 0.461. The van der Waals surface area contributed by atoms with Crippen LogP contribution in [0.15, 0.2) is 46.4 Å². The van der Waals surface area contributed by atoms with E-state index >= 15 is 4.39 Å². The number of rotatable bonds is 5. The van der Waals surface area contributed by atoms with Gasteiger partial charge in [0.2, 0.25) is 0 Å². The minimum Gasteiger partial charge on any atom is -0.378 e. The van der Waals surface area contributed by atoms with Crippen molar-refractivity contribution in [3.8, 4) is 11.3 Å². The fraction of sp³-hybridized carbons (Fsp3) is 0.407. The van der Waals surface area contributed by atoms with Gasteiger partial charge in [0.15, 0.2) is 10.8 Å². The summed E-state index contributed by atoms with van der Waals surface area (Å²) in [5.74, 6) is -0.516. The molecule has 3 aliphatic heterocycles. The minimum atomic E-state index is -0.266. The lowest BCUT2D eigenvalue weighted by Gasteiger charge is -2.36. The second-order valence-electron chi connectivity index (χ2n) is 9.58. The summed E-state index contributed by atoms with van der Waals surface area (Å²) in [7, 11) is 0. The summed E-state index contributed by atoms with van der Waals surface area (Å²) in [4.78, 5) is 28.4. The molecule has 38 heavy (non-hydrogen) atoms. The van der Waals surface area contributed by atoms with Crippen LogP contribution in [0.2, 0.25) is 0 Å². The van der Waals surface area contributed by atoms with E-state index in [9.17, 15) is 4.79 Å². The summed E-state index contributed by atoms with van der Waals surface area (Å²) in [5.41, 5.74) is 3.27. The molecule has 3 aromatic rings. The highest BCUT2D eigenvalue weighted by atomic mass is 32.2. The first-order valence-corrected chi connectivity index (χ1v) is 13.9. The van der Waals surface area contributed by atoms with Gasteiger partial charge in [-0.3, -0.25) is 9.69 Å². The third kappa shape index (κ3) is 5.05. The molecule has 0 atom stereocenters. The van der Waals surface area contributed by atoms with Gasteiger partial charge >= 0.3 is 0 Å². The molecule has 0 bridgehead atoms. The van der Waals surface area contributed by atoms with Crippen molar-refractivity contribution in [1.82, 2.24) is 24.4 Å². The molecule has 0 unspecified atom stereocenters. The van der Waals surface area contributed by atoms with Gasteiger partial charge in [-0.15, -0.1) is 0 Å². The molecule has 0 aliphatic carbocycles. The fourth-order valence-electron chi connectivity index (χ4n) is 5.03. The van der Waals surface area contributed by atoms with Crippen LogP contribution >= 0.6 is 11.8 Å². The van der Waals surface area contributed by atoms with Crippen LogP contribution in [-0.4, -0.2) is 94.5 Å². The normalized spacial score (nSPS) is 20.1. The van der Waals surface area contributed by atoms with E-state index in [0.29, 0.717) is 51.6 Å². The van der Waals surface area contributed by atoms with E-state index in [0.717, 1.165) is 52.2 Å². The molecule has 198 valence electrons. The molecule has 0 saturated carbocycles. The Labute approximate surface area is 225 Å². The van der Waals surface area contributed by atoms with Crippen LogP contribution in [0, 0.1) is 5.82 Å². The molecule has 9 nitrogen and oxygen atoms in total. The summed E-state index contributed by atoms with van der Waals surface area (Å²) in [6.07, 6.45) is 4.58. The van der Waals surface area contributed by atoms with Crippen LogP contribution < -0.4 is 4.90 Å². The first kappa shape index (κ1) is 25.0. The van der Waals surface area contributed by atoms with Crippen LogP contribution in [0.5, 0.6) is 0 Å². The highest BCUT2D eigenvalue weighted by Crippen LogP contribution is 2.31. The number of carbonyl (C=O) groups is 1. The Kier molecular flexibility index (Phi) is 7.14. The number of halogens is 1. The third-order valence-electron chi connectivity index (χ3n) is 7.05. The van der Waals surface area contributed by atoms with Crippen molar-refractivity contribution in [3.05, 3.63) is 52.9 Å². The van der Waals surface area contributed by atoms with Crippen LogP contribution in [0.25, 0.3) is 23.0 Å². The van der Waals surface area contributed by atoms with Gasteiger partial charge in [-0.05, 0) is 55.1 Å². The highest BCUT2D eigenvalue weighted by Gasteiger charge is 2.27. The van der Waals surface area contributed by atoms with E-state index in [2.05, 4.69) is 31.6 Å². The molecule has 2 aromatic heterocycles. The molecule has 0 radical (unpaired) electrons. The monoisotopic (exact) mass is 535 g/mol.